The topological polar surface area (TPSA) is 76.0 Å². The molecule has 0 saturated heterocycles. The van der Waals surface area contributed by atoms with E-state index in [2.05, 4.69) is 9.99 Å². The van der Waals surface area contributed by atoms with Gasteiger partial charge in [0.05, 0.1) is 5.71 Å². The van der Waals surface area contributed by atoms with Gasteiger partial charge < -0.3 is 14.7 Å². The zero-order valence-corrected chi connectivity index (χ0v) is 11.7. The van der Waals surface area contributed by atoms with Crippen LogP contribution < -0.4 is 0 Å². The van der Waals surface area contributed by atoms with Gasteiger partial charge >= 0.3 is 5.97 Å². The minimum absolute atomic E-state index is 0.269. The van der Waals surface area contributed by atoms with Crippen molar-refractivity contribution in [1.82, 2.24) is 0 Å². The van der Waals surface area contributed by atoms with E-state index in [1.807, 2.05) is 30.3 Å². The SMILES string of the molecule is CC[C@H](C=O)[C@@H](O)/C(Cc1ccccc1)=N/OC(C)=O. The highest BCUT2D eigenvalue weighted by atomic mass is 16.7. The van der Waals surface area contributed by atoms with E-state index in [0.717, 1.165) is 5.56 Å². The maximum Gasteiger partial charge on any atom is 0.331 e. The van der Waals surface area contributed by atoms with Gasteiger partial charge in [-0.2, -0.15) is 0 Å². The summed E-state index contributed by atoms with van der Waals surface area (Å²) >= 11 is 0. The molecule has 0 spiro atoms. The number of nitrogens with zero attached hydrogens (tertiary/aromatic N) is 1. The standard InChI is InChI=1S/C15H19NO4/c1-3-13(10-17)15(19)14(16-20-11(2)18)9-12-7-5-4-6-8-12/h4-8,10,13,15,19H,3,9H2,1-2H3/b16-14+/t13-,15-/m1/s1. The highest BCUT2D eigenvalue weighted by molar-refractivity contribution is 5.92. The Labute approximate surface area is 118 Å². The van der Waals surface area contributed by atoms with Gasteiger partial charge in [0.2, 0.25) is 0 Å². The van der Waals surface area contributed by atoms with Crippen LogP contribution in [0.15, 0.2) is 35.5 Å². The van der Waals surface area contributed by atoms with Gasteiger partial charge in [-0.3, -0.25) is 0 Å². The summed E-state index contributed by atoms with van der Waals surface area (Å²) < 4.78 is 0. The fraction of sp³-hybridized carbons (Fsp3) is 0.400. The summed E-state index contributed by atoms with van der Waals surface area (Å²) in [6.45, 7) is 3.03. The van der Waals surface area contributed by atoms with Crippen molar-refractivity contribution in [1.29, 1.82) is 0 Å². The maximum absolute atomic E-state index is 10.9. The molecule has 20 heavy (non-hydrogen) atoms. The smallest absolute Gasteiger partial charge is 0.331 e. The van der Waals surface area contributed by atoms with Gasteiger partial charge in [0, 0.05) is 19.3 Å². The molecule has 0 aromatic heterocycles. The Bertz CT molecular complexity index is 470. The molecule has 1 rings (SSSR count). The van der Waals surface area contributed by atoms with E-state index in [1.54, 1.807) is 6.92 Å². The van der Waals surface area contributed by atoms with Crippen molar-refractivity contribution in [2.24, 2.45) is 11.1 Å². The van der Waals surface area contributed by atoms with Crippen LogP contribution in [0.1, 0.15) is 25.8 Å². The van der Waals surface area contributed by atoms with E-state index in [9.17, 15) is 14.7 Å². The maximum atomic E-state index is 10.9. The van der Waals surface area contributed by atoms with Crippen molar-refractivity contribution in [2.45, 2.75) is 32.8 Å². The van der Waals surface area contributed by atoms with E-state index in [-0.39, 0.29) is 5.71 Å². The highest BCUT2D eigenvalue weighted by Gasteiger charge is 2.23. The zero-order chi connectivity index (χ0) is 15.0. The molecule has 0 saturated carbocycles. The van der Waals surface area contributed by atoms with Crippen molar-refractivity contribution < 1.29 is 19.5 Å². The minimum atomic E-state index is -1.06. The molecular weight excluding hydrogens is 258 g/mol. The third-order valence-electron chi connectivity index (χ3n) is 2.91. The third kappa shape index (κ3) is 4.93. The summed E-state index contributed by atoms with van der Waals surface area (Å²) in [5, 5.41) is 13.9. The Morgan fingerprint density at radius 1 is 1.40 bits per heavy atom. The first-order chi connectivity index (χ1) is 9.58. The molecule has 1 N–H and O–H groups in total. The number of benzene rings is 1. The average molecular weight is 277 g/mol. The van der Waals surface area contributed by atoms with Crippen LogP contribution in [-0.4, -0.2) is 29.2 Å². The molecule has 0 unspecified atom stereocenters. The van der Waals surface area contributed by atoms with Crippen molar-refractivity contribution in [3.63, 3.8) is 0 Å². The van der Waals surface area contributed by atoms with Gasteiger partial charge in [-0.15, -0.1) is 0 Å². The van der Waals surface area contributed by atoms with Crippen LogP contribution in [0.5, 0.6) is 0 Å². The molecule has 0 radical (unpaired) electrons. The van der Waals surface area contributed by atoms with Crippen LogP contribution in [0.2, 0.25) is 0 Å². The lowest BCUT2D eigenvalue weighted by atomic mass is 9.94. The molecule has 1 aromatic rings. The first-order valence-electron chi connectivity index (χ1n) is 6.50. The van der Waals surface area contributed by atoms with Crippen LogP contribution in [0.3, 0.4) is 0 Å². The molecule has 0 aliphatic rings. The highest BCUT2D eigenvalue weighted by Crippen LogP contribution is 2.12. The molecule has 0 fully saturated rings. The number of carbonyl (C=O) groups excluding carboxylic acids is 2. The van der Waals surface area contributed by atoms with Gasteiger partial charge in [0.25, 0.3) is 0 Å². The Hall–Kier alpha value is -2.01. The lowest BCUT2D eigenvalue weighted by molar-refractivity contribution is -0.141. The quantitative estimate of drug-likeness (QED) is 0.356. The number of rotatable bonds is 7. The van der Waals surface area contributed by atoms with Crippen LogP contribution in [0.25, 0.3) is 0 Å². The molecule has 1 aromatic carbocycles. The largest absolute Gasteiger partial charge is 0.386 e. The second-order valence-electron chi connectivity index (χ2n) is 4.48. The predicted octanol–water partition coefficient (Wildman–Crippen LogP) is 1.73. The van der Waals surface area contributed by atoms with Gasteiger partial charge in [-0.1, -0.05) is 42.4 Å². The van der Waals surface area contributed by atoms with Crippen LogP contribution in [0.4, 0.5) is 0 Å². The number of oxime groups is 1. The fourth-order valence-electron chi connectivity index (χ4n) is 1.76. The molecule has 0 amide bonds. The van der Waals surface area contributed by atoms with E-state index in [0.29, 0.717) is 19.1 Å². The summed E-state index contributed by atoms with van der Waals surface area (Å²) in [6, 6.07) is 9.35. The molecule has 0 heterocycles. The number of hydrogen-bond acceptors (Lipinski definition) is 5. The Balaban J connectivity index is 2.93. The second kappa shape index (κ2) is 8.22. The number of aldehydes is 1. The first kappa shape index (κ1) is 16.0. The summed E-state index contributed by atoms with van der Waals surface area (Å²) in [5.74, 6) is -1.13. The van der Waals surface area contributed by atoms with Gasteiger partial charge in [-0.05, 0) is 12.0 Å². The average Bonchev–Trinajstić information content (AvgIpc) is 2.45. The molecule has 0 aliphatic heterocycles. The second-order valence-corrected chi connectivity index (χ2v) is 4.48. The molecule has 5 nitrogen and oxygen atoms in total. The van der Waals surface area contributed by atoms with Gasteiger partial charge in [0.1, 0.15) is 12.4 Å². The van der Waals surface area contributed by atoms with E-state index < -0.39 is 18.0 Å². The zero-order valence-electron chi connectivity index (χ0n) is 11.7. The normalized spacial score (nSPS) is 14.4. The van der Waals surface area contributed by atoms with Crippen LogP contribution in [-0.2, 0) is 20.8 Å². The predicted molar refractivity (Wildman–Crippen MR) is 75.2 cm³/mol. The Morgan fingerprint density at radius 2 is 2.05 bits per heavy atom. The summed E-state index contributed by atoms with van der Waals surface area (Å²) in [6.07, 6.45) is 0.439. The summed E-state index contributed by atoms with van der Waals surface area (Å²) in [5.41, 5.74) is 1.18. The van der Waals surface area contributed by atoms with Crippen molar-refractivity contribution in [3.05, 3.63) is 35.9 Å². The molecule has 108 valence electrons. The summed E-state index contributed by atoms with van der Waals surface area (Å²) in [4.78, 5) is 26.4. The molecule has 5 heteroatoms. The lowest BCUT2D eigenvalue weighted by Crippen LogP contribution is -2.32. The van der Waals surface area contributed by atoms with Crippen LogP contribution in [0, 0.1) is 5.92 Å². The molecule has 2 atom stereocenters. The van der Waals surface area contributed by atoms with E-state index in [1.165, 1.54) is 6.92 Å². The number of aliphatic hydroxyl groups is 1. The monoisotopic (exact) mass is 277 g/mol. The Kier molecular flexibility index (Phi) is 6.59. The van der Waals surface area contributed by atoms with Crippen molar-refractivity contribution in [2.75, 3.05) is 0 Å². The molecule has 0 bridgehead atoms. The van der Waals surface area contributed by atoms with E-state index in [4.69, 9.17) is 0 Å². The van der Waals surface area contributed by atoms with Crippen molar-refractivity contribution >= 4 is 18.0 Å². The fourth-order valence-corrected chi connectivity index (χ4v) is 1.76. The third-order valence-corrected chi connectivity index (χ3v) is 2.91. The lowest BCUT2D eigenvalue weighted by Gasteiger charge is -2.17. The van der Waals surface area contributed by atoms with Crippen molar-refractivity contribution in [3.8, 4) is 0 Å². The number of hydrogen-bond donors (Lipinski definition) is 1. The van der Waals surface area contributed by atoms with Gasteiger partial charge in [-0.25, -0.2) is 4.79 Å². The molecular formula is C15H19NO4. The summed E-state index contributed by atoms with van der Waals surface area (Å²) in [7, 11) is 0. The molecule has 0 aliphatic carbocycles. The van der Waals surface area contributed by atoms with E-state index >= 15 is 0 Å². The minimum Gasteiger partial charge on any atom is -0.386 e. The first-order valence-corrected chi connectivity index (χ1v) is 6.50. The van der Waals surface area contributed by atoms with Crippen LogP contribution >= 0.6 is 0 Å². The Morgan fingerprint density at radius 3 is 2.55 bits per heavy atom. The number of aliphatic hydroxyl groups excluding tert-OH is 1. The van der Waals surface area contributed by atoms with Gasteiger partial charge in [0.15, 0.2) is 0 Å². The number of carbonyl (C=O) groups is 2.